The van der Waals surface area contributed by atoms with E-state index in [2.05, 4.69) is 57.3 Å². The highest BCUT2D eigenvalue weighted by molar-refractivity contribution is 7.10. The van der Waals surface area contributed by atoms with Crippen LogP contribution in [0.2, 0.25) is 0 Å². The molecule has 3 heteroatoms. The van der Waals surface area contributed by atoms with Crippen LogP contribution in [0.15, 0.2) is 29.6 Å². The highest BCUT2D eigenvalue weighted by Crippen LogP contribution is 2.34. The summed E-state index contributed by atoms with van der Waals surface area (Å²) in [4.78, 5) is 4.70. The lowest BCUT2D eigenvalue weighted by Gasteiger charge is -2.24. The van der Waals surface area contributed by atoms with Crippen molar-refractivity contribution in [3.63, 3.8) is 0 Å². The number of nitrogens with two attached hydrogens (primary N) is 1. The number of aromatic nitrogens is 1. The normalized spacial score (nSPS) is 13.5. The van der Waals surface area contributed by atoms with E-state index in [4.69, 9.17) is 10.7 Å². The van der Waals surface area contributed by atoms with E-state index in [9.17, 15) is 0 Å². The Hall–Kier alpha value is -1.19. The Balaban J connectivity index is 2.25. The van der Waals surface area contributed by atoms with Crippen molar-refractivity contribution in [2.24, 2.45) is 11.1 Å². The first-order valence-electron chi connectivity index (χ1n) is 6.72. The maximum absolute atomic E-state index is 6.26. The first-order valence-corrected chi connectivity index (χ1v) is 7.60. The smallest absolute Gasteiger partial charge is 0.111 e. The summed E-state index contributed by atoms with van der Waals surface area (Å²) in [5.41, 5.74) is 9.85. The van der Waals surface area contributed by atoms with Gasteiger partial charge >= 0.3 is 0 Å². The second kappa shape index (κ2) is 5.43. The van der Waals surface area contributed by atoms with Gasteiger partial charge in [-0.05, 0) is 17.4 Å². The van der Waals surface area contributed by atoms with Crippen LogP contribution in [0.25, 0.3) is 11.3 Å². The third kappa shape index (κ3) is 3.23. The van der Waals surface area contributed by atoms with Gasteiger partial charge in [0.05, 0.1) is 11.7 Å². The molecule has 1 atom stereocenters. The Labute approximate surface area is 119 Å². The van der Waals surface area contributed by atoms with Gasteiger partial charge in [-0.2, -0.15) is 0 Å². The molecule has 19 heavy (non-hydrogen) atoms. The van der Waals surface area contributed by atoms with E-state index < -0.39 is 0 Å². The van der Waals surface area contributed by atoms with Crippen LogP contribution in [0.4, 0.5) is 0 Å². The number of hydrogen-bond donors (Lipinski definition) is 1. The molecular formula is C16H22N2S. The first kappa shape index (κ1) is 14.2. The van der Waals surface area contributed by atoms with Gasteiger partial charge in [0.2, 0.25) is 0 Å². The second-order valence-electron chi connectivity index (χ2n) is 5.97. The van der Waals surface area contributed by atoms with Crippen molar-refractivity contribution in [1.29, 1.82) is 0 Å². The fraction of sp³-hybridized carbons (Fsp3) is 0.438. The lowest BCUT2D eigenvalue weighted by Crippen LogP contribution is -2.26. The van der Waals surface area contributed by atoms with E-state index >= 15 is 0 Å². The third-order valence-electron chi connectivity index (χ3n) is 3.38. The summed E-state index contributed by atoms with van der Waals surface area (Å²) in [6.45, 7) is 8.61. The van der Waals surface area contributed by atoms with Gasteiger partial charge in [0.1, 0.15) is 5.01 Å². The van der Waals surface area contributed by atoms with E-state index in [0.29, 0.717) is 0 Å². The Morgan fingerprint density at radius 3 is 2.37 bits per heavy atom. The predicted octanol–water partition coefficient (Wildman–Crippen LogP) is 4.42. The zero-order valence-electron chi connectivity index (χ0n) is 12.1. The molecule has 0 aliphatic carbocycles. The van der Waals surface area contributed by atoms with Gasteiger partial charge in [-0.25, -0.2) is 4.98 Å². The predicted molar refractivity (Wildman–Crippen MR) is 83.3 cm³/mol. The van der Waals surface area contributed by atoms with Gasteiger partial charge in [0.15, 0.2) is 0 Å². The second-order valence-corrected chi connectivity index (χ2v) is 6.85. The average molecular weight is 274 g/mol. The molecule has 0 radical (unpaired) electrons. The minimum atomic E-state index is -0.0128. The molecule has 2 N–H and O–H groups in total. The Kier molecular flexibility index (Phi) is 4.07. The highest BCUT2D eigenvalue weighted by Gasteiger charge is 2.25. The lowest BCUT2D eigenvalue weighted by atomic mass is 9.88. The molecule has 0 aliphatic rings. The molecule has 0 spiro atoms. The van der Waals surface area contributed by atoms with E-state index in [-0.39, 0.29) is 11.5 Å². The van der Waals surface area contributed by atoms with Gasteiger partial charge in [-0.1, -0.05) is 52.0 Å². The van der Waals surface area contributed by atoms with Crippen molar-refractivity contribution >= 4 is 11.3 Å². The summed E-state index contributed by atoms with van der Waals surface area (Å²) in [6.07, 6.45) is 1.07. The summed E-state index contributed by atoms with van der Waals surface area (Å²) in [7, 11) is 0. The number of hydrogen-bond acceptors (Lipinski definition) is 3. The van der Waals surface area contributed by atoms with Gasteiger partial charge in [0.25, 0.3) is 0 Å². The third-order valence-corrected chi connectivity index (χ3v) is 4.31. The molecule has 2 rings (SSSR count). The Bertz CT molecular complexity index is 535. The van der Waals surface area contributed by atoms with Crippen molar-refractivity contribution in [2.75, 3.05) is 0 Å². The van der Waals surface area contributed by atoms with Crippen molar-refractivity contribution in [1.82, 2.24) is 4.98 Å². The van der Waals surface area contributed by atoms with Crippen LogP contribution in [0, 0.1) is 5.41 Å². The maximum Gasteiger partial charge on any atom is 0.111 e. The maximum atomic E-state index is 6.26. The monoisotopic (exact) mass is 274 g/mol. The summed E-state index contributed by atoms with van der Waals surface area (Å²) >= 11 is 1.65. The molecule has 0 aliphatic heterocycles. The SMILES string of the molecule is CCc1ccc(-c2csc(C(N)C(C)(C)C)n2)cc1. The topological polar surface area (TPSA) is 38.9 Å². The number of rotatable bonds is 3. The molecule has 0 fully saturated rings. The van der Waals surface area contributed by atoms with Crippen LogP contribution in [-0.4, -0.2) is 4.98 Å². The van der Waals surface area contributed by atoms with Gasteiger partial charge < -0.3 is 5.73 Å². The number of aryl methyl sites for hydroxylation is 1. The van der Waals surface area contributed by atoms with Crippen LogP contribution in [0.5, 0.6) is 0 Å². The Morgan fingerprint density at radius 2 is 1.84 bits per heavy atom. The molecule has 2 aromatic rings. The van der Waals surface area contributed by atoms with Gasteiger partial charge in [0, 0.05) is 10.9 Å². The quantitative estimate of drug-likeness (QED) is 0.900. The molecule has 0 saturated carbocycles. The molecule has 0 saturated heterocycles. The molecular weight excluding hydrogens is 252 g/mol. The van der Waals surface area contributed by atoms with Gasteiger partial charge in [-0.15, -0.1) is 11.3 Å². The number of benzene rings is 1. The standard InChI is InChI=1S/C16H22N2S/c1-5-11-6-8-12(9-7-11)13-10-19-15(18-13)14(17)16(2,3)4/h6-10,14H,5,17H2,1-4H3. The molecule has 102 valence electrons. The van der Waals surface area contributed by atoms with Crippen LogP contribution in [0.3, 0.4) is 0 Å². The van der Waals surface area contributed by atoms with E-state index in [1.807, 2.05) is 0 Å². The lowest BCUT2D eigenvalue weighted by molar-refractivity contribution is 0.326. The minimum absolute atomic E-state index is 0.0128. The summed E-state index contributed by atoms with van der Waals surface area (Å²) < 4.78 is 0. The number of nitrogens with zero attached hydrogens (tertiary/aromatic N) is 1. The summed E-state index contributed by atoms with van der Waals surface area (Å²) in [6, 6.07) is 8.59. The van der Waals surface area contributed by atoms with Crippen LogP contribution in [0.1, 0.15) is 44.3 Å². The zero-order chi connectivity index (χ0) is 14.0. The highest BCUT2D eigenvalue weighted by atomic mass is 32.1. The van der Waals surface area contributed by atoms with Crippen molar-refractivity contribution in [3.05, 3.63) is 40.2 Å². The van der Waals surface area contributed by atoms with Crippen LogP contribution < -0.4 is 5.73 Å². The molecule has 1 aromatic carbocycles. The van der Waals surface area contributed by atoms with E-state index in [1.54, 1.807) is 11.3 Å². The molecule has 1 heterocycles. The molecule has 1 aromatic heterocycles. The van der Waals surface area contributed by atoms with Crippen molar-refractivity contribution < 1.29 is 0 Å². The molecule has 0 amide bonds. The minimum Gasteiger partial charge on any atom is -0.322 e. The van der Waals surface area contributed by atoms with Crippen LogP contribution in [-0.2, 0) is 6.42 Å². The molecule has 2 nitrogen and oxygen atoms in total. The van der Waals surface area contributed by atoms with Gasteiger partial charge in [-0.3, -0.25) is 0 Å². The largest absolute Gasteiger partial charge is 0.322 e. The molecule has 1 unspecified atom stereocenters. The van der Waals surface area contributed by atoms with E-state index in [1.165, 1.54) is 11.1 Å². The summed E-state index contributed by atoms with van der Waals surface area (Å²) in [5.74, 6) is 0. The molecule has 0 bridgehead atoms. The fourth-order valence-corrected chi connectivity index (χ4v) is 2.92. The van der Waals surface area contributed by atoms with E-state index in [0.717, 1.165) is 17.1 Å². The Morgan fingerprint density at radius 1 is 1.21 bits per heavy atom. The number of thiazole rings is 1. The fourth-order valence-electron chi connectivity index (χ4n) is 1.84. The van der Waals surface area contributed by atoms with Crippen molar-refractivity contribution in [2.45, 2.75) is 40.2 Å². The zero-order valence-corrected chi connectivity index (χ0v) is 12.9. The van der Waals surface area contributed by atoms with Crippen LogP contribution >= 0.6 is 11.3 Å². The van der Waals surface area contributed by atoms with Crippen molar-refractivity contribution in [3.8, 4) is 11.3 Å². The first-order chi connectivity index (χ1) is 8.91. The summed E-state index contributed by atoms with van der Waals surface area (Å²) in [5, 5.41) is 3.11. The average Bonchev–Trinajstić information content (AvgIpc) is 2.86.